The van der Waals surface area contributed by atoms with E-state index in [1.807, 2.05) is 26.0 Å². The molecule has 0 saturated carbocycles. The van der Waals surface area contributed by atoms with Crippen LogP contribution in [0.3, 0.4) is 0 Å². The Balaban J connectivity index is 2.33. The first-order valence-corrected chi connectivity index (χ1v) is 7.80. The molecule has 0 bridgehead atoms. The van der Waals surface area contributed by atoms with E-state index in [2.05, 4.69) is 11.6 Å². The smallest absolute Gasteiger partial charge is 0.265 e. The third-order valence-electron chi connectivity index (χ3n) is 3.47. The number of fused-ring (bicyclic) bond motifs is 1. The second-order valence-corrected chi connectivity index (χ2v) is 6.26. The fourth-order valence-corrected chi connectivity index (χ4v) is 3.59. The number of nitrogens with two attached hydrogens (primary N) is 1. The molecule has 0 spiro atoms. The summed E-state index contributed by atoms with van der Waals surface area (Å²) in [4.78, 5) is 20.2. The summed E-state index contributed by atoms with van der Waals surface area (Å²) in [5.74, 6) is -0.0309. The van der Waals surface area contributed by atoms with Gasteiger partial charge in [0.15, 0.2) is 0 Å². The van der Waals surface area contributed by atoms with E-state index in [1.54, 1.807) is 11.9 Å². The monoisotopic (exact) mass is 303 g/mol. The molecule has 2 rings (SSSR count). The number of carbonyl (C=O) groups is 1. The predicted octanol–water partition coefficient (Wildman–Crippen LogP) is 3.53. The molecule has 2 aromatic heterocycles. The zero-order valence-electron chi connectivity index (χ0n) is 12.8. The third-order valence-corrected chi connectivity index (χ3v) is 4.55. The van der Waals surface area contributed by atoms with Crippen molar-refractivity contribution in [2.75, 3.05) is 19.3 Å². The predicted molar refractivity (Wildman–Crippen MR) is 89.9 cm³/mol. The Hall–Kier alpha value is -1.88. The molecular weight excluding hydrogens is 282 g/mol. The Kier molecular flexibility index (Phi) is 4.63. The summed E-state index contributed by atoms with van der Waals surface area (Å²) in [7, 11) is 1.81. The molecule has 0 saturated heterocycles. The average molecular weight is 303 g/mol. The summed E-state index contributed by atoms with van der Waals surface area (Å²) in [6.45, 7) is 8.34. The van der Waals surface area contributed by atoms with Gasteiger partial charge in [-0.05, 0) is 38.3 Å². The molecular formula is C16H21N3OS. The van der Waals surface area contributed by atoms with Crippen molar-refractivity contribution in [2.45, 2.75) is 26.7 Å². The van der Waals surface area contributed by atoms with Crippen LogP contribution in [0.5, 0.6) is 0 Å². The van der Waals surface area contributed by atoms with Gasteiger partial charge in [0, 0.05) is 24.7 Å². The molecule has 2 N–H and O–H groups in total. The number of anilines is 1. The number of unbranched alkanes of at least 4 members (excludes halogenated alkanes) is 1. The van der Waals surface area contributed by atoms with Gasteiger partial charge in [-0.3, -0.25) is 4.79 Å². The van der Waals surface area contributed by atoms with E-state index in [-0.39, 0.29) is 5.91 Å². The maximum absolute atomic E-state index is 12.5. The van der Waals surface area contributed by atoms with Gasteiger partial charge in [0.1, 0.15) is 9.71 Å². The fourth-order valence-electron chi connectivity index (χ4n) is 2.38. The van der Waals surface area contributed by atoms with Gasteiger partial charge in [0.25, 0.3) is 5.91 Å². The highest BCUT2D eigenvalue weighted by Gasteiger charge is 2.21. The molecule has 0 aliphatic heterocycles. The first-order valence-electron chi connectivity index (χ1n) is 6.98. The molecule has 5 heteroatoms. The second-order valence-electron chi connectivity index (χ2n) is 5.26. The highest BCUT2D eigenvalue weighted by atomic mass is 32.1. The van der Waals surface area contributed by atoms with Gasteiger partial charge in [-0.2, -0.15) is 0 Å². The number of hydrogen-bond acceptors (Lipinski definition) is 4. The summed E-state index contributed by atoms with van der Waals surface area (Å²) < 4.78 is 0. The number of hydrogen-bond donors (Lipinski definition) is 1. The Labute approximate surface area is 129 Å². The SMILES string of the molecule is C=CCCCN(C)C(=O)c1sc2nc(C)cc(C)c2c1N. The van der Waals surface area contributed by atoms with Crippen molar-refractivity contribution in [3.8, 4) is 0 Å². The van der Waals surface area contributed by atoms with Gasteiger partial charge < -0.3 is 10.6 Å². The lowest BCUT2D eigenvalue weighted by Crippen LogP contribution is -2.27. The lowest BCUT2D eigenvalue weighted by molar-refractivity contribution is 0.0799. The van der Waals surface area contributed by atoms with Crippen molar-refractivity contribution in [1.82, 2.24) is 9.88 Å². The van der Waals surface area contributed by atoms with Crippen LogP contribution in [-0.4, -0.2) is 29.4 Å². The number of rotatable bonds is 5. The summed E-state index contributed by atoms with van der Waals surface area (Å²) in [5.41, 5.74) is 8.76. The third kappa shape index (κ3) is 3.08. The van der Waals surface area contributed by atoms with E-state index in [1.165, 1.54) is 11.3 Å². The van der Waals surface area contributed by atoms with Crippen LogP contribution in [0, 0.1) is 13.8 Å². The number of nitrogen functional groups attached to an aromatic ring is 1. The molecule has 1 amide bonds. The molecule has 0 fully saturated rings. The van der Waals surface area contributed by atoms with Crippen molar-refractivity contribution < 1.29 is 4.79 Å². The molecule has 0 aliphatic rings. The molecule has 0 aromatic carbocycles. The Bertz CT molecular complexity index is 690. The Morgan fingerprint density at radius 3 is 2.90 bits per heavy atom. The standard InChI is InChI=1S/C16H21N3OS/c1-5-6-7-8-19(4)16(20)14-13(17)12-10(2)9-11(3)18-15(12)21-14/h5,9H,1,6-8,17H2,2-4H3. The number of thiophene rings is 1. The minimum absolute atomic E-state index is 0.0309. The quantitative estimate of drug-likeness (QED) is 0.679. The molecule has 112 valence electrons. The Morgan fingerprint density at radius 1 is 1.52 bits per heavy atom. The first-order chi connectivity index (χ1) is 9.95. The van der Waals surface area contributed by atoms with E-state index in [0.29, 0.717) is 17.1 Å². The number of nitrogens with zero attached hydrogens (tertiary/aromatic N) is 2. The van der Waals surface area contributed by atoms with Crippen LogP contribution in [0.25, 0.3) is 10.2 Å². The number of carbonyl (C=O) groups excluding carboxylic acids is 1. The van der Waals surface area contributed by atoms with Crippen molar-refractivity contribution >= 4 is 33.1 Å². The summed E-state index contributed by atoms with van der Waals surface area (Å²) in [5, 5.41) is 0.911. The van der Waals surface area contributed by atoms with Crippen molar-refractivity contribution in [3.63, 3.8) is 0 Å². The molecule has 21 heavy (non-hydrogen) atoms. The van der Waals surface area contributed by atoms with Gasteiger partial charge in [0.05, 0.1) is 5.69 Å². The highest BCUT2D eigenvalue weighted by Crippen LogP contribution is 2.35. The van der Waals surface area contributed by atoms with Crippen LogP contribution in [0.4, 0.5) is 5.69 Å². The van der Waals surface area contributed by atoms with E-state index < -0.39 is 0 Å². The second kappa shape index (κ2) is 6.26. The zero-order chi connectivity index (χ0) is 15.6. The fraction of sp³-hybridized carbons (Fsp3) is 0.375. The molecule has 0 aliphatic carbocycles. The van der Waals surface area contributed by atoms with E-state index in [9.17, 15) is 4.79 Å². The van der Waals surface area contributed by atoms with E-state index in [0.717, 1.165) is 34.3 Å². The summed E-state index contributed by atoms with van der Waals surface area (Å²) in [6, 6.07) is 1.99. The van der Waals surface area contributed by atoms with Gasteiger partial charge in [-0.1, -0.05) is 6.08 Å². The lowest BCUT2D eigenvalue weighted by atomic mass is 10.1. The van der Waals surface area contributed by atoms with Crippen molar-refractivity contribution in [1.29, 1.82) is 0 Å². The number of amides is 1. The molecule has 0 radical (unpaired) electrons. The minimum Gasteiger partial charge on any atom is -0.397 e. The molecule has 2 aromatic rings. The van der Waals surface area contributed by atoms with Gasteiger partial charge in [0.2, 0.25) is 0 Å². The molecule has 0 atom stereocenters. The molecule has 2 heterocycles. The van der Waals surface area contributed by atoms with Gasteiger partial charge >= 0.3 is 0 Å². The van der Waals surface area contributed by atoms with E-state index >= 15 is 0 Å². The Morgan fingerprint density at radius 2 is 2.24 bits per heavy atom. The topological polar surface area (TPSA) is 59.2 Å². The first kappa shape index (κ1) is 15.5. The minimum atomic E-state index is -0.0309. The van der Waals surface area contributed by atoms with Crippen molar-refractivity contribution in [2.24, 2.45) is 0 Å². The largest absolute Gasteiger partial charge is 0.397 e. The van der Waals surface area contributed by atoms with Crippen LogP contribution < -0.4 is 5.73 Å². The van der Waals surface area contributed by atoms with Crippen LogP contribution in [0.2, 0.25) is 0 Å². The van der Waals surface area contributed by atoms with E-state index in [4.69, 9.17) is 5.73 Å². The van der Waals surface area contributed by atoms with Gasteiger partial charge in [-0.15, -0.1) is 17.9 Å². The average Bonchev–Trinajstić information content (AvgIpc) is 2.75. The van der Waals surface area contributed by atoms with Crippen LogP contribution >= 0.6 is 11.3 Å². The maximum Gasteiger partial charge on any atom is 0.265 e. The van der Waals surface area contributed by atoms with Crippen LogP contribution in [0.15, 0.2) is 18.7 Å². The lowest BCUT2D eigenvalue weighted by Gasteiger charge is -2.16. The summed E-state index contributed by atoms with van der Waals surface area (Å²) >= 11 is 1.38. The molecule has 4 nitrogen and oxygen atoms in total. The van der Waals surface area contributed by atoms with Gasteiger partial charge in [-0.25, -0.2) is 4.98 Å². The number of aromatic nitrogens is 1. The maximum atomic E-state index is 12.5. The molecule has 0 unspecified atom stereocenters. The highest BCUT2D eigenvalue weighted by molar-refractivity contribution is 7.21. The number of allylic oxidation sites excluding steroid dienone is 1. The number of pyridine rings is 1. The van der Waals surface area contributed by atoms with Crippen molar-refractivity contribution in [3.05, 3.63) is 34.9 Å². The number of aryl methyl sites for hydroxylation is 2. The summed E-state index contributed by atoms with van der Waals surface area (Å²) in [6.07, 6.45) is 3.68. The van der Waals surface area contributed by atoms with Crippen LogP contribution in [-0.2, 0) is 0 Å². The normalized spacial score (nSPS) is 10.8. The zero-order valence-corrected chi connectivity index (χ0v) is 13.6. The van der Waals surface area contributed by atoms with Crippen LogP contribution in [0.1, 0.15) is 33.8 Å².